The van der Waals surface area contributed by atoms with Crippen LogP contribution < -0.4 is 5.32 Å². The molecule has 0 radical (unpaired) electrons. The van der Waals surface area contributed by atoms with E-state index in [9.17, 15) is 14.0 Å². The van der Waals surface area contributed by atoms with Crippen LogP contribution in [0.25, 0.3) is 11.0 Å². The number of para-hydroxylation sites is 2. The third-order valence-corrected chi connectivity index (χ3v) is 4.88. The largest absolute Gasteiger partial charge is 0.454 e. The number of fused-ring (bicyclic) bond motifs is 1. The van der Waals surface area contributed by atoms with Crippen molar-refractivity contribution in [2.24, 2.45) is 0 Å². The van der Waals surface area contributed by atoms with E-state index in [1.54, 1.807) is 30.0 Å². The van der Waals surface area contributed by atoms with Crippen LogP contribution in [-0.2, 0) is 33.0 Å². The van der Waals surface area contributed by atoms with E-state index in [2.05, 4.69) is 10.3 Å². The zero-order valence-corrected chi connectivity index (χ0v) is 16.9. The molecular weight excluding hydrogens is 393 g/mol. The number of nitrogens with one attached hydrogen (secondary N) is 1. The molecule has 1 amide bonds. The maximum absolute atomic E-state index is 13.6. The highest BCUT2D eigenvalue weighted by Crippen LogP contribution is 2.19. The van der Waals surface area contributed by atoms with E-state index in [-0.39, 0.29) is 25.5 Å². The summed E-state index contributed by atoms with van der Waals surface area (Å²) in [4.78, 5) is 28.7. The van der Waals surface area contributed by atoms with Gasteiger partial charge in [0, 0.05) is 6.54 Å². The van der Waals surface area contributed by atoms with Crippen LogP contribution in [0.2, 0.25) is 0 Å². The summed E-state index contributed by atoms with van der Waals surface area (Å²) in [5, 5.41) is 2.63. The SMILES string of the molecule is CSCc1nc2ccccc2n1CC(=O)OCC(=O)NCCc1ccccc1F. The number of aromatic nitrogens is 2. The highest BCUT2D eigenvalue weighted by atomic mass is 32.2. The molecule has 3 aromatic rings. The van der Waals surface area contributed by atoms with Crippen molar-refractivity contribution in [3.63, 3.8) is 0 Å². The fourth-order valence-corrected chi connectivity index (χ4v) is 3.43. The average molecular weight is 415 g/mol. The van der Waals surface area contributed by atoms with Crippen LogP contribution in [0.5, 0.6) is 0 Å². The van der Waals surface area contributed by atoms with Crippen LogP contribution in [0.3, 0.4) is 0 Å². The molecule has 0 aliphatic carbocycles. The number of benzene rings is 2. The van der Waals surface area contributed by atoms with Gasteiger partial charge >= 0.3 is 5.97 Å². The monoisotopic (exact) mass is 415 g/mol. The summed E-state index contributed by atoms with van der Waals surface area (Å²) >= 11 is 1.61. The number of esters is 1. The molecule has 0 aliphatic heterocycles. The predicted octanol–water partition coefficient (Wildman–Crippen LogP) is 2.94. The second-order valence-electron chi connectivity index (χ2n) is 6.39. The normalized spacial score (nSPS) is 10.8. The second kappa shape index (κ2) is 10.1. The molecule has 6 nitrogen and oxygen atoms in total. The van der Waals surface area contributed by atoms with Crippen LogP contribution >= 0.6 is 11.8 Å². The molecule has 0 saturated carbocycles. The molecule has 0 spiro atoms. The van der Waals surface area contributed by atoms with Crippen molar-refractivity contribution < 1.29 is 18.7 Å². The number of nitrogens with zero attached hydrogens (tertiary/aromatic N) is 2. The van der Waals surface area contributed by atoms with Gasteiger partial charge in [-0.3, -0.25) is 9.59 Å². The third-order valence-electron chi connectivity index (χ3n) is 4.33. The first kappa shape index (κ1) is 20.9. The minimum absolute atomic E-state index is 0.0150. The van der Waals surface area contributed by atoms with Gasteiger partial charge in [-0.05, 0) is 36.4 Å². The van der Waals surface area contributed by atoms with E-state index in [1.807, 2.05) is 35.1 Å². The number of amides is 1. The van der Waals surface area contributed by atoms with Crippen LogP contribution in [0, 0.1) is 5.82 Å². The highest BCUT2D eigenvalue weighted by Gasteiger charge is 2.15. The zero-order valence-electron chi connectivity index (χ0n) is 16.1. The first-order chi connectivity index (χ1) is 14.1. The van der Waals surface area contributed by atoms with Gasteiger partial charge in [0.05, 0.1) is 16.8 Å². The van der Waals surface area contributed by atoms with Crippen molar-refractivity contribution in [3.05, 3.63) is 65.7 Å². The Labute approximate surface area is 172 Å². The fourth-order valence-electron chi connectivity index (χ4n) is 2.95. The molecule has 0 saturated heterocycles. The van der Waals surface area contributed by atoms with Crippen molar-refractivity contribution in [2.75, 3.05) is 19.4 Å². The lowest BCUT2D eigenvalue weighted by atomic mass is 10.1. The summed E-state index contributed by atoms with van der Waals surface area (Å²) in [6.07, 6.45) is 2.33. The molecular formula is C21H22FN3O3S. The van der Waals surface area contributed by atoms with Gasteiger partial charge in [0.25, 0.3) is 5.91 Å². The molecule has 0 fully saturated rings. The number of ether oxygens (including phenoxy) is 1. The van der Waals surface area contributed by atoms with Gasteiger partial charge in [0.15, 0.2) is 6.61 Å². The average Bonchev–Trinajstić information content (AvgIpc) is 3.05. The molecule has 8 heteroatoms. The molecule has 1 aromatic heterocycles. The van der Waals surface area contributed by atoms with Crippen molar-refractivity contribution in [2.45, 2.75) is 18.7 Å². The Kier molecular flexibility index (Phi) is 7.24. The molecule has 152 valence electrons. The van der Waals surface area contributed by atoms with Crippen LogP contribution in [0.15, 0.2) is 48.5 Å². The van der Waals surface area contributed by atoms with E-state index in [4.69, 9.17) is 4.74 Å². The summed E-state index contributed by atoms with van der Waals surface area (Å²) < 4.78 is 20.5. The molecule has 0 unspecified atom stereocenters. The first-order valence-corrected chi connectivity index (χ1v) is 10.6. The van der Waals surface area contributed by atoms with E-state index in [0.717, 1.165) is 16.9 Å². The van der Waals surface area contributed by atoms with E-state index in [0.29, 0.717) is 17.7 Å². The summed E-state index contributed by atoms with van der Waals surface area (Å²) in [6, 6.07) is 14.0. The van der Waals surface area contributed by atoms with Crippen molar-refractivity contribution in [1.29, 1.82) is 0 Å². The summed E-state index contributed by atoms with van der Waals surface area (Å²) in [6.45, 7) is -0.124. The lowest BCUT2D eigenvalue weighted by molar-refractivity contribution is -0.149. The number of hydrogen-bond acceptors (Lipinski definition) is 5. The second-order valence-corrected chi connectivity index (χ2v) is 7.25. The standard InChI is InChI=1S/C21H22FN3O3S/c1-29-14-19-24-17-8-4-5-9-18(17)25(19)12-21(27)28-13-20(26)23-11-10-15-6-2-3-7-16(15)22/h2-9H,10-14H2,1H3,(H,23,26). The molecule has 29 heavy (non-hydrogen) atoms. The Balaban J connectivity index is 1.50. The molecule has 1 N–H and O–H groups in total. The predicted molar refractivity (Wildman–Crippen MR) is 111 cm³/mol. The Morgan fingerprint density at radius 2 is 1.93 bits per heavy atom. The number of halogens is 1. The fraction of sp³-hybridized carbons (Fsp3) is 0.286. The number of carbonyl (C=O) groups is 2. The Bertz CT molecular complexity index is 1010. The van der Waals surface area contributed by atoms with Crippen molar-refractivity contribution in [1.82, 2.24) is 14.9 Å². The van der Waals surface area contributed by atoms with Crippen LogP contribution in [-0.4, -0.2) is 40.8 Å². The Morgan fingerprint density at radius 1 is 1.17 bits per heavy atom. The van der Waals surface area contributed by atoms with Gasteiger partial charge in [0.2, 0.25) is 0 Å². The quantitative estimate of drug-likeness (QED) is 0.544. The van der Waals surface area contributed by atoms with Gasteiger partial charge < -0.3 is 14.6 Å². The third kappa shape index (κ3) is 5.57. The van der Waals surface area contributed by atoms with Gasteiger partial charge in [-0.2, -0.15) is 11.8 Å². The van der Waals surface area contributed by atoms with Crippen LogP contribution in [0.1, 0.15) is 11.4 Å². The summed E-state index contributed by atoms with van der Waals surface area (Å²) in [5.41, 5.74) is 2.19. The van der Waals surface area contributed by atoms with E-state index >= 15 is 0 Å². The highest BCUT2D eigenvalue weighted by molar-refractivity contribution is 7.97. The maximum Gasteiger partial charge on any atom is 0.326 e. The van der Waals surface area contributed by atoms with Gasteiger partial charge in [-0.1, -0.05) is 30.3 Å². The number of carbonyl (C=O) groups excluding carboxylic acids is 2. The van der Waals surface area contributed by atoms with E-state index in [1.165, 1.54) is 6.07 Å². The molecule has 0 atom stereocenters. The lowest BCUT2D eigenvalue weighted by Crippen LogP contribution is -2.31. The molecule has 0 aliphatic rings. The first-order valence-electron chi connectivity index (χ1n) is 9.17. The minimum Gasteiger partial charge on any atom is -0.454 e. The van der Waals surface area contributed by atoms with Gasteiger partial charge in [-0.25, -0.2) is 9.37 Å². The van der Waals surface area contributed by atoms with E-state index < -0.39 is 11.9 Å². The summed E-state index contributed by atoms with van der Waals surface area (Å²) in [7, 11) is 0. The molecule has 3 rings (SSSR count). The van der Waals surface area contributed by atoms with Crippen molar-refractivity contribution >= 4 is 34.7 Å². The smallest absolute Gasteiger partial charge is 0.326 e. The maximum atomic E-state index is 13.6. The number of hydrogen-bond donors (Lipinski definition) is 1. The number of rotatable bonds is 9. The van der Waals surface area contributed by atoms with Gasteiger partial charge in [-0.15, -0.1) is 0 Å². The van der Waals surface area contributed by atoms with Crippen LogP contribution in [0.4, 0.5) is 4.39 Å². The van der Waals surface area contributed by atoms with Crippen molar-refractivity contribution in [3.8, 4) is 0 Å². The lowest BCUT2D eigenvalue weighted by Gasteiger charge is -2.10. The topological polar surface area (TPSA) is 73.2 Å². The number of imidazole rings is 1. The molecule has 1 heterocycles. The van der Waals surface area contributed by atoms with Gasteiger partial charge in [0.1, 0.15) is 18.2 Å². The summed E-state index contributed by atoms with van der Waals surface area (Å²) in [5.74, 6) is 0.208. The minimum atomic E-state index is -0.514. The molecule has 2 aromatic carbocycles. The Morgan fingerprint density at radius 3 is 2.72 bits per heavy atom. The number of thioether (sulfide) groups is 1. The molecule has 0 bridgehead atoms. The Hall–Kier alpha value is -2.87. The zero-order chi connectivity index (χ0) is 20.6.